The van der Waals surface area contributed by atoms with E-state index < -0.39 is 15.8 Å². The van der Waals surface area contributed by atoms with Gasteiger partial charge in [0.25, 0.3) is 0 Å². The van der Waals surface area contributed by atoms with Crippen LogP contribution in [-0.2, 0) is 19.4 Å². The van der Waals surface area contributed by atoms with Gasteiger partial charge in [-0.2, -0.15) is 0 Å². The lowest BCUT2D eigenvalue weighted by atomic mass is 9.96. The van der Waals surface area contributed by atoms with E-state index in [4.69, 9.17) is 0 Å². The van der Waals surface area contributed by atoms with Crippen LogP contribution in [0.2, 0.25) is 0 Å². The summed E-state index contributed by atoms with van der Waals surface area (Å²) in [6, 6.07) is 19.1. The van der Waals surface area contributed by atoms with Crippen molar-refractivity contribution in [1.82, 2.24) is 9.80 Å². The fourth-order valence-electron chi connectivity index (χ4n) is 4.60. The highest BCUT2D eigenvalue weighted by atomic mass is 32.2. The quantitative estimate of drug-likeness (QED) is 0.735. The van der Waals surface area contributed by atoms with E-state index >= 15 is 0 Å². The number of carbonyl (C=O) groups is 2. The van der Waals surface area contributed by atoms with Crippen LogP contribution in [0, 0.1) is 5.92 Å². The van der Waals surface area contributed by atoms with Crippen LogP contribution >= 0.6 is 0 Å². The molecule has 0 saturated carbocycles. The first-order chi connectivity index (χ1) is 14.4. The van der Waals surface area contributed by atoms with Crippen molar-refractivity contribution in [1.29, 1.82) is 0 Å². The minimum absolute atomic E-state index is 0.00610. The van der Waals surface area contributed by atoms with Crippen LogP contribution in [0.1, 0.15) is 30.0 Å². The van der Waals surface area contributed by atoms with E-state index in [1.54, 1.807) is 16.8 Å². The van der Waals surface area contributed by atoms with Crippen molar-refractivity contribution in [3.8, 4) is 0 Å². The molecule has 0 N–H and O–H groups in total. The van der Waals surface area contributed by atoms with E-state index in [0.717, 1.165) is 11.1 Å². The van der Waals surface area contributed by atoms with Gasteiger partial charge in [-0.15, -0.1) is 0 Å². The zero-order valence-corrected chi connectivity index (χ0v) is 17.8. The molecule has 4 rings (SSSR count). The van der Waals surface area contributed by atoms with Gasteiger partial charge in [0.2, 0.25) is 11.8 Å². The summed E-state index contributed by atoms with van der Waals surface area (Å²) in [6.45, 7) is 0.290. The highest BCUT2D eigenvalue weighted by Gasteiger charge is 2.43. The Labute approximate surface area is 177 Å². The molecule has 2 aliphatic heterocycles. The van der Waals surface area contributed by atoms with E-state index in [0.29, 0.717) is 13.0 Å². The Kier molecular flexibility index (Phi) is 5.64. The molecule has 0 aromatic heterocycles. The molecule has 158 valence electrons. The number of rotatable bonds is 5. The smallest absolute Gasteiger partial charge is 0.228 e. The van der Waals surface area contributed by atoms with Crippen LogP contribution < -0.4 is 0 Å². The maximum Gasteiger partial charge on any atom is 0.228 e. The van der Waals surface area contributed by atoms with Crippen molar-refractivity contribution in [3.63, 3.8) is 0 Å². The first-order valence-electron chi connectivity index (χ1n) is 10.2. The molecule has 30 heavy (non-hydrogen) atoms. The second kappa shape index (κ2) is 8.22. The predicted molar refractivity (Wildman–Crippen MR) is 114 cm³/mol. The van der Waals surface area contributed by atoms with E-state index in [2.05, 4.69) is 0 Å². The Morgan fingerprint density at radius 3 is 2.10 bits per heavy atom. The van der Waals surface area contributed by atoms with Gasteiger partial charge in [-0.25, -0.2) is 8.42 Å². The van der Waals surface area contributed by atoms with Crippen molar-refractivity contribution >= 4 is 21.7 Å². The Bertz CT molecular complexity index is 984. The van der Waals surface area contributed by atoms with E-state index in [9.17, 15) is 18.0 Å². The zero-order chi connectivity index (χ0) is 21.3. The molecule has 0 aliphatic carbocycles. The molecule has 2 aliphatic rings. The number of benzene rings is 2. The molecule has 2 atom stereocenters. The summed E-state index contributed by atoms with van der Waals surface area (Å²) in [5, 5.41) is 0. The number of sulfone groups is 1. The third-order valence-corrected chi connectivity index (χ3v) is 7.87. The molecule has 2 aromatic carbocycles. The maximum atomic E-state index is 13.4. The normalized spacial score (nSPS) is 23.1. The van der Waals surface area contributed by atoms with Crippen molar-refractivity contribution in [3.05, 3.63) is 71.8 Å². The average molecular weight is 427 g/mol. The summed E-state index contributed by atoms with van der Waals surface area (Å²) in [5.41, 5.74) is 2.00. The molecule has 6 nitrogen and oxygen atoms in total. The first-order valence-corrected chi connectivity index (χ1v) is 12.0. The summed E-state index contributed by atoms with van der Waals surface area (Å²) < 4.78 is 23.6. The van der Waals surface area contributed by atoms with Gasteiger partial charge in [0.15, 0.2) is 9.84 Å². The minimum atomic E-state index is -3.09. The van der Waals surface area contributed by atoms with Crippen molar-refractivity contribution in [2.75, 3.05) is 25.1 Å². The Balaban J connectivity index is 1.55. The summed E-state index contributed by atoms with van der Waals surface area (Å²) in [6.07, 6.45) is 0.595. The Hall–Kier alpha value is -2.67. The minimum Gasteiger partial charge on any atom is -0.338 e. The molecule has 2 saturated heterocycles. The highest BCUT2D eigenvalue weighted by molar-refractivity contribution is 7.91. The van der Waals surface area contributed by atoms with E-state index in [1.807, 2.05) is 60.7 Å². The van der Waals surface area contributed by atoms with Crippen LogP contribution in [0.3, 0.4) is 0 Å². The number of carbonyl (C=O) groups excluding carboxylic acids is 2. The van der Waals surface area contributed by atoms with Gasteiger partial charge < -0.3 is 9.80 Å². The molecule has 0 spiro atoms. The van der Waals surface area contributed by atoms with Gasteiger partial charge in [0.05, 0.1) is 23.5 Å². The number of hydrogen-bond acceptors (Lipinski definition) is 4. The fourth-order valence-corrected chi connectivity index (χ4v) is 6.33. The standard InChI is InChI=1S/C23H26N2O4S/c1-24(22(17-8-4-2-5-9-17)18-10-6-3-7-11-18)23(27)19-14-21(26)25(15-19)20-12-13-30(28,29)16-20/h2-11,19-20,22H,12-16H2,1H3/t19-,20-/m0/s1. The molecule has 2 amide bonds. The van der Waals surface area contributed by atoms with Crippen molar-refractivity contribution in [2.24, 2.45) is 5.92 Å². The van der Waals surface area contributed by atoms with Gasteiger partial charge in [0, 0.05) is 26.1 Å². The lowest BCUT2D eigenvalue weighted by Gasteiger charge is -2.31. The van der Waals surface area contributed by atoms with Crippen molar-refractivity contribution in [2.45, 2.75) is 24.9 Å². The number of nitrogens with zero attached hydrogens (tertiary/aromatic N) is 2. The van der Waals surface area contributed by atoms with Crippen LogP contribution in [0.5, 0.6) is 0 Å². The molecule has 2 fully saturated rings. The first kappa shape index (κ1) is 20.6. The van der Waals surface area contributed by atoms with E-state index in [-0.39, 0.29) is 41.8 Å². The van der Waals surface area contributed by atoms with Gasteiger partial charge in [-0.1, -0.05) is 60.7 Å². The summed E-state index contributed by atoms with van der Waals surface area (Å²) in [4.78, 5) is 29.3. The summed E-state index contributed by atoms with van der Waals surface area (Å²) in [7, 11) is -1.31. The van der Waals surface area contributed by atoms with Crippen molar-refractivity contribution < 1.29 is 18.0 Å². The molecule has 0 radical (unpaired) electrons. The van der Waals surface area contributed by atoms with Crippen LogP contribution in [0.25, 0.3) is 0 Å². The van der Waals surface area contributed by atoms with E-state index in [1.165, 1.54) is 0 Å². The average Bonchev–Trinajstić information content (AvgIpc) is 3.31. The van der Waals surface area contributed by atoms with Gasteiger partial charge in [0.1, 0.15) is 0 Å². The number of hydrogen-bond donors (Lipinski definition) is 0. The lowest BCUT2D eigenvalue weighted by molar-refractivity contribution is -0.136. The van der Waals surface area contributed by atoms with Gasteiger partial charge in [-0.3, -0.25) is 9.59 Å². The second-order valence-electron chi connectivity index (χ2n) is 8.18. The highest BCUT2D eigenvalue weighted by Crippen LogP contribution is 2.32. The molecule has 7 heteroatoms. The molecule has 2 aromatic rings. The molecular weight excluding hydrogens is 400 g/mol. The largest absolute Gasteiger partial charge is 0.338 e. The number of amides is 2. The lowest BCUT2D eigenvalue weighted by Crippen LogP contribution is -2.40. The maximum absolute atomic E-state index is 13.4. The van der Waals surface area contributed by atoms with Crippen LogP contribution in [0.15, 0.2) is 60.7 Å². The predicted octanol–water partition coefficient (Wildman–Crippen LogP) is 2.27. The third kappa shape index (κ3) is 4.12. The Morgan fingerprint density at radius 1 is 1.03 bits per heavy atom. The molecule has 0 bridgehead atoms. The van der Waals surface area contributed by atoms with Crippen LogP contribution in [-0.4, -0.2) is 61.2 Å². The number of likely N-dealkylation sites (tertiary alicyclic amines) is 1. The second-order valence-corrected chi connectivity index (χ2v) is 10.4. The molecular formula is C23H26N2O4S. The van der Waals surface area contributed by atoms with Gasteiger partial charge in [-0.05, 0) is 17.5 Å². The van der Waals surface area contributed by atoms with Gasteiger partial charge >= 0.3 is 0 Å². The SMILES string of the molecule is CN(C(=O)[C@H]1CC(=O)N([C@H]2CCS(=O)(=O)C2)C1)C(c1ccccc1)c1ccccc1. The molecule has 0 unspecified atom stereocenters. The summed E-state index contributed by atoms with van der Waals surface area (Å²) in [5.74, 6) is -0.555. The monoisotopic (exact) mass is 426 g/mol. The summed E-state index contributed by atoms with van der Waals surface area (Å²) >= 11 is 0. The zero-order valence-electron chi connectivity index (χ0n) is 17.0. The Morgan fingerprint density at radius 2 is 1.60 bits per heavy atom. The topological polar surface area (TPSA) is 74.8 Å². The van der Waals surface area contributed by atoms with Crippen LogP contribution in [0.4, 0.5) is 0 Å². The molecule has 2 heterocycles. The fraction of sp³-hybridized carbons (Fsp3) is 0.391. The third-order valence-electron chi connectivity index (χ3n) is 6.12.